The van der Waals surface area contributed by atoms with Crippen LogP contribution in [0.4, 0.5) is 0 Å². The molecule has 16 heavy (non-hydrogen) atoms. The van der Waals surface area contributed by atoms with Crippen molar-refractivity contribution in [1.82, 2.24) is 0 Å². The first-order valence-electron chi connectivity index (χ1n) is 5.56. The van der Waals surface area contributed by atoms with E-state index in [0.29, 0.717) is 6.42 Å². The van der Waals surface area contributed by atoms with Crippen molar-refractivity contribution >= 4 is 16.6 Å². The van der Waals surface area contributed by atoms with Gasteiger partial charge in [-0.25, -0.2) is 0 Å². The Morgan fingerprint density at radius 3 is 2.38 bits per heavy atom. The summed E-state index contributed by atoms with van der Waals surface area (Å²) in [4.78, 5) is 12.4. The van der Waals surface area contributed by atoms with Crippen molar-refractivity contribution < 1.29 is 9.00 Å². The fraction of sp³-hybridized carbons (Fsp3) is 0.462. The van der Waals surface area contributed by atoms with Gasteiger partial charge in [-0.05, 0) is 32.4 Å². The van der Waals surface area contributed by atoms with E-state index >= 15 is 0 Å². The molecule has 0 spiro atoms. The second-order valence-corrected chi connectivity index (χ2v) is 5.74. The van der Waals surface area contributed by atoms with Crippen LogP contribution in [0.25, 0.3) is 0 Å². The molecule has 0 aliphatic heterocycles. The number of hydrogen-bond donors (Lipinski definition) is 0. The van der Waals surface area contributed by atoms with Gasteiger partial charge in [0, 0.05) is 11.3 Å². The van der Waals surface area contributed by atoms with Crippen molar-refractivity contribution in [3.63, 3.8) is 0 Å². The smallest absolute Gasteiger partial charge is 0.148 e. The molecule has 0 N–H and O–H groups in total. The average Bonchev–Trinajstić information content (AvgIpc) is 2.28. The molecule has 0 unspecified atom stereocenters. The third kappa shape index (κ3) is 3.27. The van der Waals surface area contributed by atoms with Gasteiger partial charge in [0.2, 0.25) is 0 Å². The summed E-state index contributed by atoms with van der Waals surface area (Å²) < 4.78 is 12.1. The quantitative estimate of drug-likeness (QED) is 0.790. The molecule has 0 bridgehead atoms. The minimum absolute atomic E-state index is 0.0846. The Bertz CT molecular complexity index is 381. The number of aryl methyl sites for hydroxylation is 1. The van der Waals surface area contributed by atoms with Crippen molar-refractivity contribution in [3.8, 4) is 0 Å². The highest BCUT2D eigenvalue weighted by Gasteiger charge is 2.20. The number of carbonyl (C=O) groups excluding carboxylic acids is 1. The Morgan fingerprint density at radius 2 is 1.88 bits per heavy atom. The lowest BCUT2D eigenvalue weighted by atomic mass is 10.2. The second kappa shape index (κ2) is 5.94. The molecule has 88 valence electrons. The van der Waals surface area contributed by atoms with Crippen LogP contribution in [0.5, 0.6) is 0 Å². The maximum absolute atomic E-state index is 12.1. The zero-order chi connectivity index (χ0) is 12.1. The van der Waals surface area contributed by atoms with E-state index in [4.69, 9.17) is 0 Å². The maximum atomic E-state index is 12.1. The van der Waals surface area contributed by atoms with Gasteiger partial charge < -0.3 is 0 Å². The van der Waals surface area contributed by atoms with Gasteiger partial charge in [-0.15, -0.1) is 0 Å². The van der Waals surface area contributed by atoms with Crippen LogP contribution in [-0.2, 0) is 15.6 Å². The lowest BCUT2D eigenvalue weighted by molar-refractivity contribution is -0.118. The maximum Gasteiger partial charge on any atom is 0.148 e. The molecule has 1 aromatic carbocycles. The van der Waals surface area contributed by atoms with Gasteiger partial charge in [0.15, 0.2) is 0 Å². The fourth-order valence-electron chi connectivity index (χ4n) is 1.45. The zero-order valence-corrected chi connectivity index (χ0v) is 10.8. The lowest BCUT2D eigenvalue weighted by Crippen LogP contribution is -2.22. The summed E-state index contributed by atoms with van der Waals surface area (Å²) in [6, 6.07) is 7.51. The molecule has 1 rings (SSSR count). The zero-order valence-electron chi connectivity index (χ0n) is 10.0. The molecule has 2 atom stereocenters. The minimum Gasteiger partial charge on any atom is -0.298 e. The van der Waals surface area contributed by atoms with Gasteiger partial charge in [-0.2, -0.15) is 0 Å². The standard InChI is InChI=1S/C13H18O2S/c1-4-5-13(14)11(3)16(15)12-8-6-10(2)7-9-12/h6-9,11H,4-5H2,1-3H3/t11-,16-/m1/s1. The van der Waals surface area contributed by atoms with Crippen molar-refractivity contribution in [2.75, 3.05) is 0 Å². The molecule has 0 heterocycles. The predicted octanol–water partition coefficient (Wildman–Crippen LogP) is 2.86. The first-order chi connectivity index (χ1) is 7.56. The summed E-state index contributed by atoms with van der Waals surface area (Å²) >= 11 is 0. The summed E-state index contributed by atoms with van der Waals surface area (Å²) in [6.45, 7) is 5.69. The highest BCUT2D eigenvalue weighted by atomic mass is 32.2. The number of carbonyl (C=O) groups is 1. The van der Waals surface area contributed by atoms with Crippen molar-refractivity contribution in [1.29, 1.82) is 0 Å². The molecule has 1 aromatic rings. The summed E-state index contributed by atoms with van der Waals surface area (Å²) in [5, 5.41) is -0.400. The van der Waals surface area contributed by atoms with E-state index in [2.05, 4.69) is 0 Å². The average molecular weight is 238 g/mol. The van der Waals surface area contributed by atoms with E-state index in [9.17, 15) is 9.00 Å². The third-order valence-electron chi connectivity index (χ3n) is 2.52. The number of ketones is 1. The second-order valence-electron chi connectivity index (χ2n) is 3.97. The van der Waals surface area contributed by atoms with Crippen LogP contribution in [0.2, 0.25) is 0 Å². The van der Waals surface area contributed by atoms with E-state index in [-0.39, 0.29) is 5.78 Å². The molecular formula is C13H18O2S. The van der Waals surface area contributed by atoms with E-state index in [1.807, 2.05) is 38.1 Å². The molecule has 0 fully saturated rings. The molecule has 0 saturated heterocycles. The van der Waals surface area contributed by atoms with Crippen LogP contribution in [0.3, 0.4) is 0 Å². The highest BCUT2D eigenvalue weighted by molar-refractivity contribution is 7.86. The van der Waals surface area contributed by atoms with Crippen LogP contribution in [0.15, 0.2) is 29.2 Å². The van der Waals surface area contributed by atoms with Crippen LogP contribution in [0.1, 0.15) is 32.3 Å². The van der Waals surface area contributed by atoms with E-state index in [1.54, 1.807) is 6.92 Å². The molecule has 0 saturated carbocycles. The molecule has 0 amide bonds. The summed E-state index contributed by atoms with van der Waals surface area (Å²) in [7, 11) is -1.22. The Morgan fingerprint density at radius 1 is 1.31 bits per heavy atom. The number of hydrogen-bond acceptors (Lipinski definition) is 2. The molecule has 2 nitrogen and oxygen atoms in total. The third-order valence-corrected chi connectivity index (χ3v) is 4.17. The topological polar surface area (TPSA) is 34.1 Å². The van der Waals surface area contributed by atoms with Gasteiger partial charge >= 0.3 is 0 Å². The molecule has 3 heteroatoms. The Balaban J connectivity index is 2.78. The van der Waals surface area contributed by atoms with Crippen molar-refractivity contribution in [3.05, 3.63) is 29.8 Å². The van der Waals surface area contributed by atoms with Crippen LogP contribution in [0, 0.1) is 6.92 Å². The monoisotopic (exact) mass is 238 g/mol. The molecule has 0 aliphatic rings. The molecular weight excluding hydrogens is 220 g/mol. The van der Waals surface area contributed by atoms with Crippen LogP contribution < -0.4 is 0 Å². The predicted molar refractivity (Wildman–Crippen MR) is 67.0 cm³/mol. The SMILES string of the molecule is CCCC(=O)[C@@H](C)[S@@](=O)c1ccc(C)cc1. The summed E-state index contributed by atoms with van der Waals surface area (Å²) in [6.07, 6.45) is 1.33. The first-order valence-corrected chi connectivity index (χ1v) is 6.77. The normalized spacial score (nSPS) is 14.4. The van der Waals surface area contributed by atoms with Gasteiger partial charge in [-0.1, -0.05) is 24.6 Å². The van der Waals surface area contributed by atoms with Gasteiger partial charge in [0.05, 0.1) is 16.0 Å². The number of benzene rings is 1. The lowest BCUT2D eigenvalue weighted by Gasteiger charge is -2.10. The Labute approximate surface area is 99.5 Å². The Kier molecular flexibility index (Phi) is 4.87. The highest BCUT2D eigenvalue weighted by Crippen LogP contribution is 2.14. The van der Waals surface area contributed by atoms with E-state index in [1.165, 1.54) is 0 Å². The van der Waals surface area contributed by atoms with Crippen LogP contribution in [-0.4, -0.2) is 15.2 Å². The van der Waals surface area contributed by atoms with Crippen molar-refractivity contribution in [2.24, 2.45) is 0 Å². The van der Waals surface area contributed by atoms with Crippen LogP contribution >= 0.6 is 0 Å². The summed E-state index contributed by atoms with van der Waals surface area (Å²) in [5.74, 6) is 0.0846. The summed E-state index contributed by atoms with van der Waals surface area (Å²) in [5.41, 5.74) is 1.13. The molecule has 0 aromatic heterocycles. The van der Waals surface area contributed by atoms with E-state index in [0.717, 1.165) is 16.9 Å². The molecule has 0 radical (unpaired) electrons. The van der Waals surface area contributed by atoms with Crippen molar-refractivity contribution in [2.45, 2.75) is 43.8 Å². The molecule has 0 aliphatic carbocycles. The van der Waals surface area contributed by atoms with Gasteiger partial charge in [0.1, 0.15) is 5.78 Å². The fourth-order valence-corrected chi connectivity index (χ4v) is 2.61. The number of rotatable bonds is 5. The number of Topliss-reactive ketones (excluding diaryl/α,β-unsaturated/α-hetero) is 1. The largest absolute Gasteiger partial charge is 0.298 e. The Hall–Kier alpha value is -0.960. The van der Waals surface area contributed by atoms with Gasteiger partial charge in [-0.3, -0.25) is 9.00 Å². The van der Waals surface area contributed by atoms with E-state index < -0.39 is 16.0 Å². The first kappa shape index (κ1) is 13.1. The van der Waals surface area contributed by atoms with Gasteiger partial charge in [0.25, 0.3) is 0 Å². The minimum atomic E-state index is -1.22.